The number of amides is 1. The number of carbonyl (C=O) groups is 1. The van der Waals surface area contributed by atoms with Crippen molar-refractivity contribution in [3.05, 3.63) is 93.6 Å². The molecule has 0 aliphatic carbocycles. The highest BCUT2D eigenvalue weighted by atomic mass is 32.2. The number of thioether (sulfide) groups is 1. The number of aliphatic imine (C=N–C) groups is 1. The minimum atomic E-state index is -5.01. The number of piperazine rings is 1. The second-order valence-electron chi connectivity index (χ2n) is 9.96. The maximum Gasteiger partial charge on any atom is 0.416 e. The summed E-state index contributed by atoms with van der Waals surface area (Å²) in [7, 11) is 1.34. The van der Waals surface area contributed by atoms with Gasteiger partial charge in [0.1, 0.15) is 6.61 Å². The smallest absolute Gasteiger partial charge is 0.416 e. The van der Waals surface area contributed by atoms with Gasteiger partial charge in [-0.3, -0.25) is 14.7 Å². The first-order valence-electron chi connectivity index (χ1n) is 13.4. The van der Waals surface area contributed by atoms with E-state index in [1.807, 2.05) is 18.2 Å². The number of aromatic nitrogens is 1. The van der Waals surface area contributed by atoms with Crippen LogP contribution in [0.3, 0.4) is 0 Å². The summed E-state index contributed by atoms with van der Waals surface area (Å²) in [5.41, 5.74) is -1.75. The Hall–Kier alpha value is -4.04. The lowest BCUT2D eigenvalue weighted by Crippen LogP contribution is -2.47. The molecule has 2 aliphatic heterocycles. The number of carbonyl (C=O) groups excluding carboxylic acids is 1. The number of ether oxygens (including phenoxy) is 2. The number of methoxy groups -OCH3 is 1. The molecule has 1 saturated heterocycles. The molecule has 14 heteroatoms. The van der Waals surface area contributed by atoms with Crippen molar-refractivity contribution < 1.29 is 40.6 Å². The second-order valence-corrected chi connectivity index (χ2v) is 11.0. The Kier molecular flexibility index (Phi) is 9.20. The standard InChI is InChI=1S/C30H26F6N4O3S/c1-42-25-14-19(5-8-24(25)43-18-20-6-7-21(29(31,32)33)16-23(20)30(34,35)36)15-26-27(41)38-28(44-26)40-12-10-39(11-13-40)17-22-4-2-3-9-37-22/h2-9,14-16H,10-13,17-18H2,1H3/b26-15-. The molecule has 1 amide bonds. The molecule has 3 heterocycles. The number of rotatable bonds is 7. The summed E-state index contributed by atoms with van der Waals surface area (Å²) < 4.78 is 90.4. The van der Waals surface area contributed by atoms with Gasteiger partial charge in [-0.05, 0) is 59.8 Å². The van der Waals surface area contributed by atoms with E-state index in [2.05, 4.69) is 19.8 Å². The van der Waals surface area contributed by atoms with E-state index in [1.165, 1.54) is 24.9 Å². The van der Waals surface area contributed by atoms with Gasteiger partial charge in [-0.15, -0.1) is 0 Å². The number of nitrogens with zero attached hydrogens (tertiary/aromatic N) is 4. The zero-order valence-electron chi connectivity index (χ0n) is 23.3. The fourth-order valence-electron chi connectivity index (χ4n) is 4.69. The molecule has 0 saturated carbocycles. The molecule has 1 aromatic heterocycles. The second kappa shape index (κ2) is 12.9. The zero-order valence-corrected chi connectivity index (χ0v) is 24.1. The maximum absolute atomic E-state index is 13.5. The molecule has 2 aliphatic rings. The third-order valence-electron chi connectivity index (χ3n) is 6.97. The Labute approximate surface area is 253 Å². The van der Waals surface area contributed by atoms with Crippen molar-refractivity contribution in [3.63, 3.8) is 0 Å². The van der Waals surface area contributed by atoms with Gasteiger partial charge in [0.2, 0.25) is 0 Å². The molecule has 3 aromatic rings. The molecule has 0 unspecified atom stereocenters. The lowest BCUT2D eigenvalue weighted by molar-refractivity contribution is -0.143. The predicted octanol–water partition coefficient (Wildman–Crippen LogP) is 6.49. The van der Waals surface area contributed by atoms with Crippen LogP contribution in [-0.4, -0.2) is 59.1 Å². The fraction of sp³-hybridized carbons (Fsp3) is 0.300. The Morgan fingerprint density at radius 1 is 0.932 bits per heavy atom. The number of benzene rings is 2. The summed E-state index contributed by atoms with van der Waals surface area (Å²) in [6.07, 6.45) is -6.54. The third-order valence-corrected chi connectivity index (χ3v) is 8.02. The maximum atomic E-state index is 13.5. The third kappa shape index (κ3) is 7.53. The van der Waals surface area contributed by atoms with Gasteiger partial charge in [-0.25, -0.2) is 0 Å². The number of amidine groups is 1. The molecular weight excluding hydrogens is 610 g/mol. The van der Waals surface area contributed by atoms with Gasteiger partial charge in [-0.2, -0.15) is 31.3 Å². The number of pyridine rings is 1. The van der Waals surface area contributed by atoms with E-state index >= 15 is 0 Å². The Balaban J connectivity index is 1.22. The molecule has 0 bridgehead atoms. The van der Waals surface area contributed by atoms with E-state index in [9.17, 15) is 31.1 Å². The van der Waals surface area contributed by atoms with Crippen LogP contribution < -0.4 is 9.47 Å². The van der Waals surface area contributed by atoms with Crippen molar-refractivity contribution in [1.82, 2.24) is 14.8 Å². The van der Waals surface area contributed by atoms with E-state index < -0.39 is 35.6 Å². The summed E-state index contributed by atoms with van der Waals surface area (Å²) in [4.78, 5) is 26.0. The molecule has 0 atom stereocenters. The Morgan fingerprint density at radius 3 is 2.36 bits per heavy atom. The van der Waals surface area contributed by atoms with Gasteiger partial charge >= 0.3 is 12.4 Å². The number of hydrogen-bond donors (Lipinski definition) is 0. The summed E-state index contributed by atoms with van der Waals surface area (Å²) in [6, 6.07) is 11.8. The van der Waals surface area contributed by atoms with Crippen LogP contribution in [0.2, 0.25) is 0 Å². The molecule has 0 N–H and O–H groups in total. The first-order valence-corrected chi connectivity index (χ1v) is 14.2. The average molecular weight is 637 g/mol. The van der Waals surface area contributed by atoms with Gasteiger partial charge in [0, 0.05) is 44.5 Å². The van der Waals surface area contributed by atoms with Crippen molar-refractivity contribution in [3.8, 4) is 11.5 Å². The predicted molar refractivity (Wildman–Crippen MR) is 153 cm³/mol. The first-order chi connectivity index (χ1) is 20.9. The van der Waals surface area contributed by atoms with Crippen LogP contribution in [0.5, 0.6) is 11.5 Å². The van der Waals surface area contributed by atoms with Crippen LogP contribution in [0, 0.1) is 0 Å². The van der Waals surface area contributed by atoms with Crippen LogP contribution in [-0.2, 0) is 30.3 Å². The molecule has 0 radical (unpaired) electrons. The van der Waals surface area contributed by atoms with Crippen molar-refractivity contribution in [2.24, 2.45) is 4.99 Å². The highest BCUT2D eigenvalue weighted by Gasteiger charge is 2.38. The van der Waals surface area contributed by atoms with E-state index in [0.717, 1.165) is 31.4 Å². The van der Waals surface area contributed by atoms with Crippen molar-refractivity contribution in [2.75, 3.05) is 33.3 Å². The van der Waals surface area contributed by atoms with Gasteiger partial charge in [0.15, 0.2) is 16.7 Å². The summed E-state index contributed by atoms with van der Waals surface area (Å²) in [5.74, 6) is -0.142. The van der Waals surface area contributed by atoms with Crippen LogP contribution in [0.25, 0.3) is 6.08 Å². The van der Waals surface area contributed by atoms with E-state index in [-0.39, 0.29) is 23.5 Å². The largest absolute Gasteiger partial charge is 0.493 e. The average Bonchev–Trinajstić information content (AvgIpc) is 3.35. The highest BCUT2D eigenvalue weighted by molar-refractivity contribution is 8.18. The topological polar surface area (TPSA) is 67.3 Å². The zero-order chi connectivity index (χ0) is 31.5. The molecule has 44 heavy (non-hydrogen) atoms. The molecule has 5 rings (SSSR count). The molecule has 0 spiro atoms. The number of halogens is 6. The fourth-order valence-corrected chi connectivity index (χ4v) is 5.66. The van der Waals surface area contributed by atoms with Crippen LogP contribution in [0.4, 0.5) is 26.3 Å². The van der Waals surface area contributed by atoms with Gasteiger partial charge in [0.05, 0.1) is 28.8 Å². The monoisotopic (exact) mass is 636 g/mol. The van der Waals surface area contributed by atoms with E-state index in [0.29, 0.717) is 34.8 Å². The van der Waals surface area contributed by atoms with Gasteiger partial charge < -0.3 is 14.4 Å². The lowest BCUT2D eigenvalue weighted by atomic mass is 10.0. The summed E-state index contributed by atoms with van der Waals surface area (Å²) >= 11 is 1.26. The molecule has 2 aromatic carbocycles. The van der Waals surface area contributed by atoms with Crippen molar-refractivity contribution >= 4 is 28.9 Å². The number of hydrogen-bond acceptors (Lipinski definition) is 7. The molecule has 232 valence electrons. The number of alkyl halides is 6. The Morgan fingerprint density at radius 2 is 1.70 bits per heavy atom. The summed E-state index contributed by atoms with van der Waals surface area (Å²) in [5, 5.41) is 0.614. The van der Waals surface area contributed by atoms with E-state index in [4.69, 9.17) is 9.47 Å². The molecule has 7 nitrogen and oxygen atoms in total. The first kappa shape index (κ1) is 31.4. The van der Waals surface area contributed by atoms with Gasteiger partial charge in [-0.1, -0.05) is 18.2 Å². The van der Waals surface area contributed by atoms with Crippen LogP contribution in [0.1, 0.15) is 27.9 Å². The lowest BCUT2D eigenvalue weighted by Gasteiger charge is -2.35. The normalized spacial score (nSPS) is 17.2. The minimum Gasteiger partial charge on any atom is -0.493 e. The SMILES string of the molecule is COc1cc(/C=C2\SC(N3CCN(Cc4ccccn4)CC3)=NC2=O)ccc1OCc1ccc(C(F)(F)F)cc1C(F)(F)F. The highest BCUT2D eigenvalue weighted by Crippen LogP contribution is 2.39. The Bertz CT molecular complexity index is 1570. The minimum absolute atomic E-state index is 0.0694. The quantitative estimate of drug-likeness (QED) is 0.217. The summed E-state index contributed by atoms with van der Waals surface area (Å²) in [6.45, 7) is 3.08. The molecule has 1 fully saturated rings. The van der Waals surface area contributed by atoms with Crippen LogP contribution in [0.15, 0.2) is 70.7 Å². The van der Waals surface area contributed by atoms with Crippen LogP contribution >= 0.6 is 11.8 Å². The molecular formula is C30H26F6N4O3S. The van der Waals surface area contributed by atoms with Crippen molar-refractivity contribution in [1.29, 1.82) is 0 Å². The van der Waals surface area contributed by atoms with Gasteiger partial charge in [0.25, 0.3) is 5.91 Å². The van der Waals surface area contributed by atoms with Crippen molar-refractivity contribution in [2.45, 2.75) is 25.5 Å². The van der Waals surface area contributed by atoms with E-state index in [1.54, 1.807) is 24.4 Å².